The lowest BCUT2D eigenvalue weighted by Gasteiger charge is -2.58. The van der Waals surface area contributed by atoms with Crippen molar-refractivity contribution in [2.24, 2.45) is 34.5 Å². The zero-order chi connectivity index (χ0) is 21.1. The van der Waals surface area contributed by atoms with E-state index in [-0.39, 0.29) is 64.4 Å². The van der Waals surface area contributed by atoms with Crippen LogP contribution in [0.25, 0.3) is 0 Å². The molecule has 0 aromatic heterocycles. The first-order chi connectivity index (χ1) is 14.2. The quantitative estimate of drug-likeness (QED) is 0.485. The van der Waals surface area contributed by atoms with Crippen molar-refractivity contribution in [3.63, 3.8) is 0 Å². The first kappa shape index (κ1) is 19.0. The normalized spacial score (nSPS) is 53.2. The van der Waals surface area contributed by atoms with E-state index in [4.69, 9.17) is 14.2 Å². The van der Waals surface area contributed by atoms with Crippen molar-refractivity contribution >= 4 is 17.7 Å². The van der Waals surface area contributed by atoms with E-state index in [0.717, 1.165) is 31.3 Å². The molecule has 5 fully saturated rings. The van der Waals surface area contributed by atoms with E-state index in [0.29, 0.717) is 19.3 Å². The zero-order valence-corrected chi connectivity index (χ0v) is 17.9. The third kappa shape index (κ3) is 2.07. The molecule has 2 saturated heterocycles. The van der Waals surface area contributed by atoms with Crippen LogP contribution in [0.2, 0.25) is 0 Å². The number of carbonyl (C=O) groups is 3. The van der Waals surface area contributed by atoms with Gasteiger partial charge >= 0.3 is 11.9 Å². The molecule has 6 aliphatic rings. The number of methoxy groups -OCH3 is 1. The Morgan fingerprint density at radius 3 is 2.67 bits per heavy atom. The highest BCUT2D eigenvalue weighted by molar-refractivity contribution is 5.92. The van der Waals surface area contributed by atoms with E-state index in [1.54, 1.807) is 6.08 Å². The second-order valence-corrected chi connectivity index (χ2v) is 10.9. The molecule has 9 atom stereocenters. The Bertz CT molecular complexity index is 892. The summed E-state index contributed by atoms with van der Waals surface area (Å²) in [7, 11) is 1.46. The molecular formula is C24H30O6. The molecular weight excluding hydrogens is 384 g/mol. The van der Waals surface area contributed by atoms with Crippen molar-refractivity contribution in [2.75, 3.05) is 7.11 Å². The number of carbonyl (C=O) groups excluding carboxylic acids is 3. The summed E-state index contributed by atoms with van der Waals surface area (Å²) in [5, 5.41) is 0. The average Bonchev–Trinajstić information content (AvgIpc) is 3.35. The molecule has 5 unspecified atom stereocenters. The number of hydrogen-bond acceptors (Lipinski definition) is 6. The molecule has 0 bridgehead atoms. The van der Waals surface area contributed by atoms with Gasteiger partial charge in [-0.15, -0.1) is 0 Å². The number of rotatable bonds is 1. The van der Waals surface area contributed by atoms with Gasteiger partial charge in [0, 0.05) is 24.2 Å². The molecule has 6 nitrogen and oxygen atoms in total. The maximum absolute atomic E-state index is 13.0. The maximum atomic E-state index is 13.0. The van der Waals surface area contributed by atoms with Gasteiger partial charge in [-0.3, -0.25) is 14.4 Å². The number of allylic oxidation sites excluding steroid dienone is 1. The van der Waals surface area contributed by atoms with Gasteiger partial charge in [-0.05, 0) is 55.4 Å². The van der Waals surface area contributed by atoms with E-state index in [9.17, 15) is 14.4 Å². The van der Waals surface area contributed by atoms with Crippen molar-refractivity contribution in [1.82, 2.24) is 0 Å². The second kappa shape index (κ2) is 5.76. The standard InChI is InChI=1S/C24H30O6/c1-22-7-4-13(25)10-12(22)11-14(21(27)28-3)17-15-5-8-24(9-6-16(26)30-24)23(15,2)20-19(29-20)18(17)22/h10,14-15,17-20H,4-9,11H2,1-3H3/t14-,15?,17?,18?,19+,20?,22-,23+,24?/m0/s1. The molecule has 6 heteroatoms. The molecule has 2 aliphatic heterocycles. The SMILES string of the molecule is COC(=O)[C@H]1CC2=CC(=O)CC[C@]2(C)C2C1C1CCC3(CCC(=O)O3)[C@@]1(C)C1O[C@@H]12. The van der Waals surface area contributed by atoms with Crippen molar-refractivity contribution in [3.8, 4) is 0 Å². The van der Waals surface area contributed by atoms with Crippen LogP contribution in [-0.2, 0) is 28.6 Å². The number of hydrogen-bond donors (Lipinski definition) is 0. The highest BCUT2D eigenvalue weighted by Gasteiger charge is 2.79. The number of ether oxygens (including phenoxy) is 3. The lowest BCUT2D eigenvalue weighted by atomic mass is 9.44. The number of esters is 2. The largest absolute Gasteiger partial charge is 0.469 e. The molecule has 0 aromatic carbocycles. The Morgan fingerprint density at radius 2 is 1.97 bits per heavy atom. The van der Waals surface area contributed by atoms with Crippen LogP contribution in [0, 0.1) is 34.5 Å². The minimum atomic E-state index is -0.459. The van der Waals surface area contributed by atoms with Crippen LogP contribution in [0.15, 0.2) is 11.6 Å². The predicted molar refractivity (Wildman–Crippen MR) is 105 cm³/mol. The van der Waals surface area contributed by atoms with Crippen LogP contribution in [0.5, 0.6) is 0 Å². The lowest BCUT2D eigenvalue weighted by molar-refractivity contribution is -0.172. The number of fused-ring (bicyclic) bond motifs is 9. The molecule has 0 N–H and O–H groups in total. The fourth-order valence-corrected chi connectivity index (χ4v) is 8.62. The van der Waals surface area contributed by atoms with Crippen molar-refractivity contribution in [1.29, 1.82) is 0 Å². The average molecular weight is 414 g/mol. The van der Waals surface area contributed by atoms with Crippen LogP contribution >= 0.6 is 0 Å². The third-order valence-corrected chi connectivity index (χ3v) is 10.1. The van der Waals surface area contributed by atoms with Gasteiger partial charge in [-0.1, -0.05) is 19.4 Å². The third-order valence-electron chi connectivity index (χ3n) is 10.1. The van der Waals surface area contributed by atoms with Gasteiger partial charge in [0.1, 0.15) is 5.60 Å². The van der Waals surface area contributed by atoms with E-state index < -0.39 is 5.60 Å². The first-order valence-corrected chi connectivity index (χ1v) is 11.4. The fraction of sp³-hybridized carbons (Fsp3) is 0.792. The molecule has 2 heterocycles. The summed E-state index contributed by atoms with van der Waals surface area (Å²) in [6.45, 7) is 4.52. The second-order valence-electron chi connectivity index (χ2n) is 10.9. The van der Waals surface area contributed by atoms with E-state index >= 15 is 0 Å². The summed E-state index contributed by atoms with van der Waals surface area (Å²) >= 11 is 0. The Morgan fingerprint density at radius 1 is 1.17 bits per heavy atom. The summed E-state index contributed by atoms with van der Waals surface area (Å²) in [4.78, 5) is 37.4. The molecule has 1 spiro atoms. The van der Waals surface area contributed by atoms with Crippen LogP contribution in [0.1, 0.15) is 58.8 Å². The molecule has 0 amide bonds. The van der Waals surface area contributed by atoms with Crippen molar-refractivity contribution in [2.45, 2.75) is 76.6 Å². The molecule has 30 heavy (non-hydrogen) atoms. The Hall–Kier alpha value is -1.69. The van der Waals surface area contributed by atoms with Crippen LogP contribution in [-0.4, -0.2) is 42.6 Å². The van der Waals surface area contributed by atoms with Crippen LogP contribution in [0.4, 0.5) is 0 Å². The summed E-state index contributed by atoms with van der Waals surface area (Å²) in [6, 6.07) is 0. The summed E-state index contributed by atoms with van der Waals surface area (Å²) < 4.78 is 17.7. The first-order valence-electron chi connectivity index (χ1n) is 11.4. The summed E-state index contributed by atoms with van der Waals surface area (Å²) in [5.41, 5.74) is 0.262. The zero-order valence-electron chi connectivity index (χ0n) is 17.9. The number of epoxide rings is 1. The van der Waals surface area contributed by atoms with Gasteiger partial charge in [-0.2, -0.15) is 0 Å². The maximum Gasteiger partial charge on any atom is 0.309 e. The van der Waals surface area contributed by atoms with Gasteiger partial charge in [0.05, 0.1) is 25.2 Å². The molecule has 0 aromatic rings. The van der Waals surface area contributed by atoms with Gasteiger partial charge < -0.3 is 14.2 Å². The number of ketones is 1. The van der Waals surface area contributed by atoms with Gasteiger partial charge in [0.15, 0.2) is 5.78 Å². The minimum Gasteiger partial charge on any atom is -0.469 e. The van der Waals surface area contributed by atoms with Gasteiger partial charge in [-0.25, -0.2) is 0 Å². The van der Waals surface area contributed by atoms with E-state index in [1.807, 2.05) is 0 Å². The molecule has 6 rings (SSSR count). The van der Waals surface area contributed by atoms with Crippen LogP contribution in [0.3, 0.4) is 0 Å². The molecule has 3 saturated carbocycles. The van der Waals surface area contributed by atoms with Crippen molar-refractivity contribution in [3.05, 3.63) is 11.6 Å². The predicted octanol–water partition coefficient (Wildman–Crippen LogP) is 2.98. The summed E-state index contributed by atoms with van der Waals surface area (Å²) in [6.07, 6.45) is 6.91. The Kier molecular flexibility index (Phi) is 3.65. The molecule has 4 aliphatic carbocycles. The minimum absolute atomic E-state index is 0.0552. The smallest absolute Gasteiger partial charge is 0.309 e. The summed E-state index contributed by atoms with van der Waals surface area (Å²) in [5.74, 6) is 0.176. The van der Waals surface area contributed by atoms with E-state index in [1.165, 1.54) is 7.11 Å². The van der Waals surface area contributed by atoms with Gasteiger partial charge in [0.2, 0.25) is 0 Å². The highest BCUT2D eigenvalue weighted by Crippen LogP contribution is 2.75. The molecule has 162 valence electrons. The Balaban J connectivity index is 1.48. The monoisotopic (exact) mass is 414 g/mol. The molecule has 0 radical (unpaired) electrons. The Labute approximate surface area is 176 Å². The van der Waals surface area contributed by atoms with Crippen molar-refractivity contribution < 1.29 is 28.6 Å². The topological polar surface area (TPSA) is 82.2 Å². The van der Waals surface area contributed by atoms with Gasteiger partial charge in [0.25, 0.3) is 0 Å². The lowest BCUT2D eigenvalue weighted by Crippen LogP contribution is -2.61. The van der Waals surface area contributed by atoms with Crippen LogP contribution < -0.4 is 0 Å². The fourth-order valence-electron chi connectivity index (χ4n) is 8.62. The highest BCUT2D eigenvalue weighted by atomic mass is 16.6. The van der Waals surface area contributed by atoms with E-state index in [2.05, 4.69) is 13.8 Å².